The minimum absolute atomic E-state index is 0.0309. The maximum atomic E-state index is 13.1. The monoisotopic (exact) mass is 457 g/mol. The van der Waals surface area contributed by atoms with Crippen LogP contribution >= 0.6 is 11.8 Å². The van der Waals surface area contributed by atoms with Crippen molar-refractivity contribution in [2.75, 3.05) is 5.32 Å². The van der Waals surface area contributed by atoms with Gasteiger partial charge in [-0.3, -0.25) is 19.1 Å². The number of aromatic nitrogens is 4. The van der Waals surface area contributed by atoms with Crippen molar-refractivity contribution in [3.8, 4) is 17.1 Å². The fourth-order valence-electron chi connectivity index (χ4n) is 3.43. The predicted octanol–water partition coefficient (Wildman–Crippen LogP) is 4.96. The van der Waals surface area contributed by atoms with Gasteiger partial charge in [0.1, 0.15) is 0 Å². The SMILES string of the molecule is CC(=O)Nc1ccc(C(=O)C(C)Sc2nnc(-c3cccnc3)n2-c2ccccc2C)cc1. The second-order valence-electron chi connectivity index (χ2n) is 7.55. The lowest BCUT2D eigenvalue weighted by Gasteiger charge is -2.15. The molecule has 4 rings (SSSR count). The minimum Gasteiger partial charge on any atom is -0.326 e. The summed E-state index contributed by atoms with van der Waals surface area (Å²) in [4.78, 5) is 28.5. The third-order valence-corrected chi connectivity index (χ3v) is 6.09. The molecule has 7 nitrogen and oxygen atoms in total. The van der Waals surface area contributed by atoms with Gasteiger partial charge in [-0.2, -0.15) is 0 Å². The van der Waals surface area contributed by atoms with Gasteiger partial charge in [0.2, 0.25) is 5.91 Å². The van der Waals surface area contributed by atoms with Crippen molar-refractivity contribution in [3.63, 3.8) is 0 Å². The largest absolute Gasteiger partial charge is 0.326 e. The van der Waals surface area contributed by atoms with E-state index in [2.05, 4.69) is 20.5 Å². The summed E-state index contributed by atoms with van der Waals surface area (Å²) in [6.45, 7) is 5.33. The van der Waals surface area contributed by atoms with E-state index in [0.29, 0.717) is 22.2 Å². The first-order valence-electron chi connectivity index (χ1n) is 10.4. The van der Waals surface area contributed by atoms with Crippen LogP contribution in [0.1, 0.15) is 29.8 Å². The zero-order valence-electron chi connectivity index (χ0n) is 18.5. The number of Topliss-reactive ketones (excluding diaryl/α,β-unsaturated/α-hetero) is 1. The Morgan fingerprint density at radius 2 is 1.76 bits per heavy atom. The smallest absolute Gasteiger partial charge is 0.221 e. The van der Waals surface area contributed by atoms with Crippen LogP contribution in [-0.4, -0.2) is 36.7 Å². The lowest BCUT2D eigenvalue weighted by atomic mass is 10.1. The molecule has 2 aromatic heterocycles. The molecule has 0 saturated heterocycles. The Kier molecular flexibility index (Phi) is 6.65. The van der Waals surface area contributed by atoms with Crippen LogP contribution in [0.25, 0.3) is 17.1 Å². The summed E-state index contributed by atoms with van der Waals surface area (Å²) in [5, 5.41) is 11.8. The first-order chi connectivity index (χ1) is 15.9. The van der Waals surface area contributed by atoms with E-state index < -0.39 is 5.25 Å². The summed E-state index contributed by atoms with van der Waals surface area (Å²) >= 11 is 1.36. The standard InChI is InChI=1S/C25H23N5O2S/c1-16-7-4-5-9-22(16)30-24(20-8-6-14-26-15-20)28-29-25(30)33-17(2)23(32)19-10-12-21(13-11-19)27-18(3)31/h4-15,17H,1-3H3,(H,27,31). The number of carbonyl (C=O) groups is 2. The zero-order valence-corrected chi connectivity index (χ0v) is 19.3. The summed E-state index contributed by atoms with van der Waals surface area (Å²) in [6, 6.07) is 18.7. The molecule has 166 valence electrons. The first kappa shape index (κ1) is 22.4. The maximum Gasteiger partial charge on any atom is 0.221 e. The van der Waals surface area contributed by atoms with Crippen LogP contribution in [0.15, 0.2) is 78.2 Å². The molecule has 0 bridgehead atoms. The van der Waals surface area contributed by atoms with Crippen molar-refractivity contribution >= 4 is 29.1 Å². The maximum absolute atomic E-state index is 13.1. The summed E-state index contributed by atoms with van der Waals surface area (Å²) in [7, 11) is 0. The molecule has 0 aliphatic rings. The van der Waals surface area contributed by atoms with Gasteiger partial charge in [0.25, 0.3) is 0 Å². The molecule has 2 heterocycles. The molecule has 0 spiro atoms. The molecule has 2 aromatic carbocycles. The van der Waals surface area contributed by atoms with Gasteiger partial charge in [0.05, 0.1) is 10.9 Å². The van der Waals surface area contributed by atoms with E-state index in [9.17, 15) is 9.59 Å². The van der Waals surface area contributed by atoms with Crippen molar-refractivity contribution in [3.05, 3.63) is 84.2 Å². The van der Waals surface area contributed by atoms with Crippen LogP contribution in [0, 0.1) is 6.92 Å². The molecule has 33 heavy (non-hydrogen) atoms. The third-order valence-electron chi connectivity index (χ3n) is 5.05. The molecule has 0 saturated carbocycles. The highest BCUT2D eigenvalue weighted by Crippen LogP contribution is 2.32. The number of para-hydroxylation sites is 1. The number of carbonyl (C=O) groups excluding carboxylic acids is 2. The topological polar surface area (TPSA) is 89.8 Å². The number of amides is 1. The van der Waals surface area contributed by atoms with Crippen LogP contribution in [-0.2, 0) is 4.79 Å². The molecule has 0 fully saturated rings. The van der Waals surface area contributed by atoms with Gasteiger partial charge in [-0.15, -0.1) is 10.2 Å². The average molecular weight is 458 g/mol. The highest BCUT2D eigenvalue weighted by molar-refractivity contribution is 8.00. The predicted molar refractivity (Wildman–Crippen MR) is 130 cm³/mol. The van der Waals surface area contributed by atoms with Crippen LogP contribution < -0.4 is 5.32 Å². The highest BCUT2D eigenvalue weighted by atomic mass is 32.2. The Balaban J connectivity index is 1.65. The van der Waals surface area contributed by atoms with E-state index in [0.717, 1.165) is 16.8 Å². The van der Waals surface area contributed by atoms with Gasteiger partial charge in [0, 0.05) is 36.1 Å². The fraction of sp³-hybridized carbons (Fsp3) is 0.160. The lowest BCUT2D eigenvalue weighted by molar-refractivity contribution is -0.114. The molecular weight excluding hydrogens is 434 g/mol. The second kappa shape index (κ2) is 9.79. The normalized spacial score (nSPS) is 11.7. The van der Waals surface area contributed by atoms with Crippen LogP contribution in [0.2, 0.25) is 0 Å². The van der Waals surface area contributed by atoms with Crippen molar-refractivity contribution in [1.82, 2.24) is 19.7 Å². The molecule has 4 aromatic rings. The van der Waals surface area contributed by atoms with E-state index >= 15 is 0 Å². The van der Waals surface area contributed by atoms with Crippen molar-refractivity contribution in [2.24, 2.45) is 0 Å². The average Bonchev–Trinajstić information content (AvgIpc) is 3.22. The molecule has 1 unspecified atom stereocenters. The van der Waals surface area contributed by atoms with Gasteiger partial charge in [-0.1, -0.05) is 30.0 Å². The van der Waals surface area contributed by atoms with Crippen molar-refractivity contribution < 1.29 is 9.59 Å². The fourth-order valence-corrected chi connectivity index (χ4v) is 4.36. The van der Waals surface area contributed by atoms with Gasteiger partial charge in [-0.05, 0) is 61.9 Å². The zero-order chi connectivity index (χ0) is 23.4. The highest BCUT2D eigenvalue weighted by Gasteiger charge is 2.23. The van der Waals surface area contributed by atoms with E-state index in [1.165, 1.54) is 18.7 Å². The molecular formula is C25H23N5O2S. The molecule has 1 amide bonds. The quantitative estimate of drug-likeness (QED) is 0.312. The molecule has 0 radical (unpaired) electrons. The summed E-state index contributed by atoms with van der Waals surface area (Å²) in [6.07, 6.45) is 3.46. The van der Waals surface area contributed by atoms with E-state index in [4.69, 9.17) is 0 Å². The van der Waals surface area contributed by atoms with E-state index in [1.807, 2.05) is 54.8 Å². The van der Waals surface area contributed by atoms with Crippen LogP contribution in [0.4, 0.5) is 5.69 Å². The summed E-state index contributed by atoms with van der Waals surface area (Å²) in [5.74, 6) is 0.480. The molecule has 1 atom stereocenters. The van der Waals surface area contributed by atoms with E-state index in [-0.39, 0.29) is 11.7 Å². The second-order valence-corrected chi connectivity index (χ2v) is 8.86. The van der Waals surface area contributed by atoms with Gasteiger partial charge in [-0.25, -0.2) is 0 Å². The number of aryl methyl sites for hydroxylation is 1. The Morgan fingerprint density at radius 3 is 2.42 bits per heavy atom. The van der Waals surface area contributed by atoms with Gasteiger partial charge < -0.3 is 5.32 Å². The number of thioether (sulfide) groups is 1. The Bertz CT molecular complexity index is 1290. The molecule has 8 heteroatoms. The van der Waals surface area contributed by atoms with Crippen molar-refractivity contribution in [2.45, 2.75) is 31.2 Å². The number of nitrogens with zero attached hydrogens (tertiary/aromatic N) is 4. The number of ketones is 1. The number of benzene rings is 2. The van der Waals surface area contributed by atoms with E-state index in [1.54, 1.807) is 36.7 Å². The number of hydrogen-bond donors (Lipinski definition) is 1. The van der Waals surface area contributed by atoms with Crippen molar-refractivity contribution in [1.29, 1.82) is 0 Å². The third kappa shape index (κ3) is 5.01. The number of anilines is 1. The first-order valence-corrected chi connectivity index (χ1v) is 11.3. The number of pyridine rings is 1. The number of nitrogens with one attached hydrogen (secondary N) is 1. The summed E-state index contributed by atoms with van der Waals surface area (Å²) < 4.78 is 1.97. The lowest BCUT2D eigenvalue weighted by Crippen LogP contribution is -2.15. The van der Waals surface area contributed by atoms with Gasteiger partial charge in [0.15, 0.2) is 16.8 Å². The summed E-state index contributed by atoms with van der Waals surface area (Å²) in [5.41, 5.74) is 4.07. The van der Waals surface area contributed by atoms with Crippen LogP contribution in [0.3, 0.4) is 0 Å². The van der Waals surface area contributed by atoms with Gasteiger partial charge >= 0.3 is 0 Å². The Morgan fingerprint density at radius 1 is 1.00 bits per heavy atom. The molecule has 1 N–H and O–H groups in total. The molecule has 0 aliphatic carbocycles. The Hall–Kier alpha value is -3.78. The number of rotatable bonds is 7. The Labute approximate surface area is 196 Å². The molecule has 0 aliphatic heterocycles. The van der Waals surface area contributed by atoms with Crippen LogP contribution in [0.5, 0.6) is 0 Å². The number of hydrogen-bond acceptors (Lipinski definition) is 6. The minimum atomic E-state index is -0.398.